The van der Waals surface area contributed by atoms with Crippen molar-refractivity contribution in [2.75, 3.05) is 0 Å². The van der Waals surface area contributed by atoms with Gasteiger partial charge in [0.1, 0.15) is 18.2 Å². The van der Waals surface area contributed by atoms with Gasteiger partial charge in [-0.3, -0.25) is 0 Å². The number of benzene rings is 3. The molecular weight excluding hydrogens is 517 g/mol. The molecule has 0 atom stereocenters. The van der Waals surface area contributed by atoms with Crippen LogP contribution in [0, 0.1) is 16.5 Å². The van der Waals surface area contributed by atoms with E-state index in [1.54, 1.807) is 6.07 Å². The zero-order chi connectivity index (χ0) is 16.1. The standard InChI is InChI=1S/C19H14FI2O/c20-15-10-18(22-17-4-2-1-3-5-17)12-19(11-15)23-13-14-6-8-16(21)9-7-14/h1-12H,13H2/q+1. The number of halogens is 3. The van der Waals surface area contributed by atoms with E-state index in [0.717, 1.165) is 9.13 Å². The summed E-state index contributed by atoms with van der Waals surface area (Å²) in [5, 5.41) is 0. The van der Waals surface area contributed by atoms with Crippen molar-refractivity contribution in [2.45, 2.75) is 6.61 Å². The van der Waals surface area contributed by atoms with Crippen molar-refractivity contribution in [2.24, 2.45) is 0 Å². The number of rotatable bonds is 5. The van der Waals surface area contributed by atoms with Gasteiger partial charge in [-0.1, -0.05) is 30.3 Å². The Bertz CT molecular complexity index is 773. The van der Waals surface area contributed by atoms with Crippen LogP contribution in [0.25, 0.3) is 0 Å². The average molecular weight is 531 g/mol. The van der Waals surface area contributed by atoms with Gasteiger partial charge in [0.15, 0.2) is 3.57 Å². The van der Waals surface area contributed by atoms with Crippen LogP contribution >= 0.6 is 22.6 Å². The monoisotopic (exact) mass is 531 g/mol. The summed E-state index contributed by atoms with van der Waals surface area (Å²) in [4.78, 5) is 0. The highest BCUT2D eigenvalue weighted by atomic mass is 127. The van der Waals surface area contributed by atoms with Gasteiger partial charge in [0.2, 0.25) is 3.57 Å². The van der Waals surface area contributed by atoms with Crippen LogP contribution in [0.2, 0.25) is 0 Å². The maximum absolute atomic E-state index is 13.8. The first-order valence-corrected chi connectivity index (χ1v) is 10.3. The fourth-order valence-electron chi connectivity index (χ4n) is 2.02. The summed E-state index contributed by atoms with van der Waals surface area (Å²) in [5.41, 5.74) is 1.08. The predicted molar refractivity (Wildman–Crippen MR) is 93.7 cm³/mol. The number of ether oxygens (including phenoxy) is 1. The molecule has 3 aromatic rings. The lowest BCUT2D eigenvalue weighted by molar-refractivity contribution is -0.597. The van der Waals surface area contributed by atoms with Gasteiger partial charge in [-0.25, -0.2) is 4.39 Å². The first kappa shape index (κ1) is 16.7. The van der Waals surface area contributed by atoms with E-state index in [9.17, 15) is 4.39 Å². The highest BCUT2D eigenvalue weighted by Crippen LogP contribution is 2.15. The van der Waals surface area contributed by atoms with E-state index < -0.39 is 21.2 Å². The Balaban J connectivity index is 1.71. The first-order chi connectivity index (χ1) is 11.2. The smallest absolute Gasteiger partial charge is 0.358 e. The zero-order valence-corrected chi connectivity index (χ0v) is 16.5. The van der Waals surface area contributed by atoms with Crippen molar-refractivity contribution in [1.29, 1.82) is 0 Å². The minimum Gasteiger partial charge on any atom is -0.489 e. The normalized spacial score (nSPS) is 10.5. The second-order valence-corrected chi connectivity index (χ2v) is 9.19. The van der Waals surface area contributed by atoms with Gasteiger partial charge < -0.3 is 4.74 Å². The molecule has 23 heavy (non-hydrogen) atoms. The summed E-state index contributed by atoms with van der Waals surface area (Å²) in [6, 6.07) is 23.3. The van der Waals surface area contributed by atoms with Crippen molar-refractivity contribution >= 4 is 22.6 Å². The molecule has 0 spiro atoms. The highest BCUT2D eigenvalue weighted by Gasteiger charge is 2.17. The van der Waals surface area contributed by atoms with Gasteiger partial charge in [-0.2, -0.15) is 0 Å². The Hall–Kier alpha value is -1.15. The van der Waals surface area contributed by atoms with E-state index in [2.05, 4.69) is 34.7 Å². The van der Waals surface area contributed by atoms with Gasteiger partial charge in [-0.05, 0) is 52.4 Å². The van der Waals surface area contributed by atoms with Crippen molar-refractivity contribution in [3.05, 3.63) is 94.9 Å². The van der Waals surface area contributed by atoms with E-state index in [0.29, 0.717) is 12.4 Å². The fraction of sp³-hybridized carbons (Fsp3) is 0.0526. The lowest BCUT2D eigenvalue weighted by Crippen LogP contribution is -3.61. The minimum atomic E-state index is -0.397. The molecule has 0 amide bonds. The topological polar surface area (TPSA) is 9.23 Å². The molecule has 0 unspecified atom stereocenters. The van der Waals surface area contributed by atoms with Crippen LogP contribution in [0.15, 0.2) is 72.8 Å². The summed E-state index contributed by atoms with van der Waals surface area (Å²) in [5.74, 6) is 0.352. The van der Waals surface area contributed by atoms with Crippen LogP contribution in [0.4, 0.5) is 4.39 Å². The molecule has 0 aliphatic heterocycles. The fourth-order valence-corrected chi connectivity index (χ4v) is 4.79. The molecule has 0 bridgehead atoms. The molecule has 0 aliphatic carbocycles. The van der Waals surface area contributed by atoms with Crippen LogP contribution in [0.3, 0.4) is 0 Å². The van der Waals surface area contributed by atoms with Crippen molar-refractivity contribution < 1.29 is 30.3 Å². The van der Waals surface area contributed by atoms with Crippen LogP contribution in [-0.2, 0) is 6.61 Å². The van der Waals surface area contributed by atoms with E-state index in [4.69, 9.17) is 4.74 Å². The summed E-state index contributed by atoms with van der Waals surface area (Å²) >= 11 is 1.87. The van der Waals surface area contributed by atoms with Crippen molar-refractivity contribution in [1.82, 2.24) is 0 Å². The first-order valence-electron chi connectivity index (χ1n) is 7.07. The SMILES string of the molecule is Fc1cc(OCc2ccc(I)cc2)cc([I+]c2ccccc2)c1. The molecule has 0 N–H and O–H groups in total. The highest BCUT2D eigenvalue weighted by molar-refractivity contribution is 14.1. The van der Waals surface area contributed by atoms with Crippen LogP contribution in [-0.4, -0.2) is 0 Å². The maximum atomic E-state index is 13.8. The van der Waals surface area contributed by atoms with E-state index in [1.807, 2.05) is 48.5 Å². The molecular formula is C19H14FI2O+. The number of hydrogen-bond acceptors (Lipinski definition) is 1. The second kappa shape index (κ2) is 8.10. The van der Waals surface area contributed by atoms with Gasteiger partial charge in [-0.15, -0.1) is 0 Å². The molecule has 3 aromatic carbocycles. The molecule has 116 valence electrons. The van der Waals surface area contributed by atoms with E-state index >= 15 is 0 Å². The van der Waals surface area contributed by atoms with Crippen molar-refractivity contribution in [3.63, 3.8) is 0 Å². The Morgan fingerprint density at radius 2 is 1.61 bits per heavy atom. The Kier molecular flexibility index (Phi) is 5.88. The minimum absolute atomic E-state index is 0.240. The molecule has 0 aliphatic rings. The molecule has 0 radical (unpaired) electrons. The van der Waals surface area contributed by atoms with Crippen LogP contribution in [0.1, 0.15) is 5.56 Å². The quantitative estimate of drug-likeness (QED) is 0.459. The van der Waals surface area contributed by atoms with Crippen molar-refractivity contribution in [3.8, 4) is 5.75 Å². The zero-order valence-electron chi connectivity index (χ0n) is 12.2. The second-order valence-electron chi connectivity index (χ2n) is 4.91. The average Bonchev–Trinajstić information content (AvgIpc) is 2.55. The van der Waals surface area contributed by atoms with Gasteiger partial charge in [0, 0.05) is 21.8 Å². The largest absolute Gasteiger partial charge is 0.489 e. The summed E-state index contributed by atoms with van der Waals surface area (Å²) in [6.07, 6.45) is 0. The predicted octanol–water partition coefficient (Wildman–Crippen LogP) is 2.14. The molecule has 1 nitrogen and oxygen atoms in total. The molecule has 3 rings (SSSR count). The third-order valence-corrected chi connectivity index (χ3v) is 6.41. The number of hydrogen-bond donors (Lipinski definition) is 0. The molecule has 0 heterocycles. The summed E-state index contributed by atoms with van der Waals surface area (Å²) < 4.78 is 23.1. The molecule has 0 saturated carbocycles. The summed E-state index contributed by atoms with van der Waals surface area (Å²) in [6.45, 7) is 0.448. The molecule has 4 heteroatoms. The van der Waals surface area contributed by atoms with E-state index in [1.165, 1.54) is 13.2 Å². The third-order valence-electron chi connectivity index (χ3n) is 3.11. The lowest BCUT2D eigenvalue weighted by Gasteiger charge is -2.06. The van der Waals surface area contributed by atoms with Gasteiger partial charge in [0.25, 0.3) is 0 Å². The molecule has 0 fully saturated rings. The van der Waals surface area contributed by atoms with Crippen LogP contribution in [0.5, 0.6) is 5.75 Å². The molecule has 0 saturated heterocycles. The Morgan fingerprint density at radius 1 is 0.870 bits per heavy atom. The third kappa shape index (κ3) is 5.17. The summed E-state index contributed by atoms with van der Waals surface area (Å²) in [7, 11) is 0. The van der Waals surface area contributed by atoms with Gasteiger partial charge >= 0.3 is 21.2 Å². The van der Waals surface area contributed by atoms with E-state index in [-0.39, 0.29) is 5.82 Å². The lowest BCUT2D eigenvalue weighted by atomic mass is 10.2. The van der Waals surface area contributed by atoms with Gasteiger partial charge in [0.05, 0.1) is 0 Å². The Morgan fingerprint density at radius 3 is 2.35 bits per heavy atom. The Labute approximate surface area is 159 Å². The maximum Gasteiger partial charge on any atom is 0.358 e. The van der Waals surface area contributed by atoms with Crippen LogP contribution < -0.4 is 25.9 Å². The molecule has 0 aromatic heterocycles.